The Balaban J connectivity index is 1.94. The Morgan fingerprint density at radius 3 is 2.17 bits per heavy atom. The fourth-order valence-corrected chi connectivity index (χ4v) is 4.05. The number of carbonyl (C=O) groups is 3. The summed E-state index contributed by atoms with van der Waals surface area (Å²) in [4.78, 5) is 41.5. The van der Waals surface area contributed by atoms with Crippen molar-refractivity contribution in [3.05, 3.63) is 65.2 Å². The second-order valence-corrected chi connectivity index (χ2v) is 10.3. The van der Waals surface area contributed by atoms with Crippen LogP contribution in [0.5, 0.6) is 0 Å². The summed E-state index contributed by atoms with van der Waals surface area (Å²) in [5.74, 6) is -0.598. The van der Waals surface area contributed by atoms with Crippen molar-refractivity contribution in [2.24, 2.45) is 0 Å². The van der Waals surface area contributed by atoms with Crippen LogP contribution in [0.2, 0.25) is 0 Å². The van der Waals surface area contributed by atoms with Crippen LogP contribution in [0.25, 0.3) is 0 Å². The van der Waals surface area contributed by atoms with E-state index in [1.807, 2.05) is 62.4 Å². The number of nitrogens with zero attached hydrogens (tertiary/aromatic N) is 1. The molecular weight excluding hydrogens is 442 g/mol. The molecule has 2 atom stereocenters. The number of para-hydroxylation sites is 1. The van der Waals surface area contributed by atoms with Crippen molar-refractivity contribution < 1.29 is 19.1 Å². The number of benzene rings is 2. The van der Waals surface area contributed by atoms with Gasteiger partial charge in [0.1, 0.15) is 17.7 Å². The van der Waals surface area contributed by atoms with E-state index in [0.29, 0.717) is 5.69 Å². The third kappa shape index (κ3) is 6.84. The summed E-state index contributed by atoms with van der Waals surface area (Å²) < 4.78 is 5.34. The molecule has 3 rings (SSSR count). The van der Waals surface area contributed by atoms with Gasteiger partial charge >= 0.3 is 6.09 Å². The van der Waals surface area contributed by atoms with Crippen LogP contribution in [0.15, 0.2) is 48.5 Å². The van der Waals surface area contributed by atoms with Gasteiger partial charge < -0.3 is 20.3 Å². The molecule has 0 spiro atoms. The molecule has 1 aliphatic rings. The van der Waals surface area contributed by atoms with Gasteiger partial charge in [0.25, 0.3) is 5.91 Å². The summed E-state index contributed by atoms with van der Waals surface area (Å²) in [7, 11) is 0. The predicted octanol–water partition coefficient (Wildman–Crippen LogP) is 5.28. The van der Waals surface area contributed by atoms with Gasteiger partial charge in [-0.25, -0.2) is 4.79 Å². The molecule has 0 heterocycles. The molecular formula is C28H37N3O4. The van der Waals surface area contributed by atoms with E-state index in [9.17, 15) is 14.4 Å². The van der Waals surface area contributed by atoms with Crippen LogP contribution in [-0.2, 0) is 14.3 Å². The average molecular weight is 480 g/mol. The highest BCUT2D eigenvalue weighted by molar-refractivity contribution is 5.99. The maximum atomic E-state index is 13.8. The first-order chi connectivity index (χ1) is 16.5. The van der Waals surface area contributed by atoms with E-state index in [0.717, 1.165) is 36.0 Å². The zero-order valence-electron chi connectivity index (χ0n) is 21.6. The normalized spacial score (nSPS) is 15.4. The van der Waals surface area contributed by atoms with Gasteiger partial charge in [-0.2, -0.15) is 0 Å². The first kappa shape index (κ1) is 26.3. The van der Waals surface area contributed by atoms with Gasteiger partial charge in [-0.1, -0.05) is 48.0 Å². The molecule has 1 fully saturated rings. The summed E-state index contributed by atoms with van der Waals surface area (Å²) in [6.45, 7) is 10.8. The number of anilines is 1. The highest BCUT2D eigenvalue weighted by atomic mass is 16.6. The molecule has 35 heavy (non-hydrogen) atoms. The molecule has 0 bridgehead atoms. The average Bonchev–Trinajstić information content (AvgIpc) is 2.73. The first-order valence-corrected chi connectivity index (χ1v) is 12.2. The van der Waals surface area contributed by atoms with E-state index < -0.39 is 23.8 Å². The number of ether oxygens (including phenoxy) is 1. The largest absolute Gasteiger partial charge is 0.444 e. The zero-order valence-corrected chi connectivity index (χ0v) is 21.6. The number of amides is 3. The van der Waals surface area contributed by atoms with Crippen molar-refractivity contribution >= 4 is 23.6 Å². The number of hydrogen-bond donors (Lipinski definition) is 2. The number of aryl methyl sites for hydroxylation is 2. The number of alkyl carbamates (subject to hydrolysis) is 1. The molecule has 3 amide bonds. The Morgan fingerprint density at radius 2 is 1.63 bits per heavy atom. The maximum absolute atomic E-state index is 13.8. The van der Waals surface area contributed by atoms with Gasteiger partial charge in [-0.15, -0.1) is 0 Å². The summed E-state index contributed by atoms with van der Waals surface area (Å²) in [6, 6.07) is 13.4. The molecule has 2 aromatic rings. The van der Waals surface area contributed by atoms with Crippen LogP contribution in [0.4, 0.5) is 10.5 Å². The van der Waals surface area contributed by atoms with Gasteiger partial charge in [0.05, 0.1) is 0 Å². The molecule has 7 heteroatoms. The fraction of sp³-hybridized carbons (Fsp3) is 0.464. The molecule has 1 saturated carbocycles. The van der Waals surface area contributed by atoms with Crippen molar-refractivity contribution in [1.29, 1.82) is 0 Å². The van der Waals surface area contributed by atoms with E-state index >= 15 is 0 Å². The van der Waals surface area contributed by atoms with Gasteiger partial charge in [0.15, 0.2) is 0 Å². The SMILES string of the molecule is Cc1ccc(C(C(=O)Nc2ccccc2C)N(C(=O)C(C)NC(=O)OC(C)(C)C)C2CCC2)cc1. The molecule has 0 aliphatic heterocycles. The van der Waals surface area contributed by atoms with Crippen molar-refractivity contribution in [2.45, 2.75) is 84.5 Å². The lowest BCUT2D eigenvalue weighted by Gasteiger charge is -2.43. The van der Waals surface area contributed by atoms with Crippen LogP contribution in [0.3, 0.4) is 0 Å². The zero-order chi connectivity index (χ0) is 25.8. The molecule has 2 N–H and O–H groups in total. The van der Waals surface area contributed by atoms with Gasteiger partial charge in [-0.3, -0.25) is 9.59 Å². The lowest BCUT2D eigenvalue weighted by molar-refractivity contribution is -0.145. The molecule has 7 nitrogen and oxygen atoms in total. The summed E-state index contributed by atoms with van der Waals surface area (Å²) in [6.07, 6.45) is 1.95. The Kier molecular flexibility index (Phi) is 8.20. The summed E-state index contributed by atoms with van der Waals surface area (Å²) in [5, 5.41) is 5.68. The highest BCUT2D eigenvalue weighted by Crippen LogP contribution is 2.34. The predicted molar refractivity (Wildman–Crippen MR) is 137 cm³/mol. The minimum absolute atomic E-state index is 0.0840. The third-order valence-corrected chi connectivity index (χ3v) is 6.15. The molecule has 1 aliphatic carbocycles. The minimum atomic E-state index is -0.857. The molecule has 2 aromatic carbocycles. The number of rotatable bonds is 7. The van der Waals surface area contributed by atoms with Crippen LogP contribution in [-0.4, -0.2) is 40.5 Å². The van der Waals surface area contributed by atoms with Crippen molar-refractivity contribution in [1.82, 2.24) is 10.2 Å². The minimum Gasteiger partial charge on any atom is -0.444 e. The monoisotopic (exact) mass is 479 g/mol. The Hall–Kier alpha value is -3.35. The van der Waals surface area contributed by atoms with Gasteiger partial charge in [0.2, 0.25) is 5.91 Å². The van der Waals surface area contributed by atoms with E-state index in [2.05, 4.69) is 10.6 Å². The summed E-state index contributed by atoms with van der Waals surface area (Å²) >= 11 is 0. The Bertz CT molecular complexity index is 1050. The molecule has 0 radical (unpaired) electrons. The maximum Gasteiger partial charge on any atom is 0.408 e. The van der Waals surface area contributed by atoms with Crippen molar-refractivity contribution in [3.63, 3.8) is 0 Å². The Labute approximate surface area is 208 Å². The van der Waals surface area contributed by atoms with Crippen LogP contribution >= 0.6 is 0 Å². The van der Waals surface area contributed by atoms with Crippen molar-refractivity contribution in [2.75, 3.05) is 5.32 Å². The van der Waals surface area contributed by atoms with Gasteiger partial charge in [0, 0.05) is 11.7 Å². The smallest absolute Gasteiger partial charge is 0.408 e. The molecule has 0 saturated heterocycles. The van der Waals surface area contributed by atoms with Gasteiger partial charge in [-0.05, 0) is 78.0 Å². The number of hydrogen-bond acceptors (Lipinski definition) is 4. The third-order valence-electron chi connectivity index (χ3n) is 6.15. The topological polar surface area (TPSA) is 87.7 Å². The molecule has 2 unspecified atom stereocenters. The quantitative estimate of drug-likeness (QED) is 0.566. The second kappa shape index (κ2) is 10.9. The standard InChI is InChI=1S/C28H37N3O4/c1-18-14-16-21(17-15-18)24(25(32)30-23-13-8-7-10-19(23)2)31(22-11-9-12-22)26(33)20(3)29-27(34)35-28(4,5)6/h7-8,10,13-17,20,22,24H,9,11-12H2,1-6H3,(H,29,34)(H,30,32). The van der Waals surface area contributed by atoms with Crippen LogP contribution < -0.4 is 10.6 Å². The lowest BCUT2D eigenvalue weighted by atomic mass is 9.88. The molecule has 0 aromatic heterocycles. The Morgan fingerprint density at radius 1 is 1.00 bits per heavy atom. The summed E-state index contributed by atoms with van der Waals surface area (Å²) in [5.41, 5.74) is 2.75. The van der Waals surface area contributed by atoms with Crippen LogP contribution in [0, 0.1) is 13.8 Å². The van der Waals surface area contributed by atoms with E-state index in [4.69, 9.17) is 4.74 Å². The number of nitrogens with one attached hydrogen (secondary N) is 2. The number of carbonyl (C=O) groups excluding carboxylic acids is 3. The second-order valence-electron chi connectivity index (χ2n) is 10.3. The fourth-order valence-electron chi connectivity index (χ4n) is 4.05. The highest BCUT2D eigenvalue weighted by Gasteiger charge is 2.41. The van der Waals surface area contributed by atoms with E-state index in [-0.39, 0.29) is 17.9 Å². The van der Waals surface area contributed by atoms with Crippen molar-refractivity contribution in [3.8, 4) is 0 Å². The van der Waals surface area contributed by atoms with E-state index in [1.54, 1.807) is 32.6 Å². The van der Waals surface area contributed by atoms with E-state index in [1.165, 1.54) is 0 Å². The lowest BCUT2D eigenvalue weighted by Crippen LogP contribution is -2.56. The van der Waals surface area contributed by atoms with Crippen LogP contribution in [0.1, 0.15) is 69.7 Å². The molecule has 188 valence electrons. The first-order valence-electron chi connectivity index (χ1n) is 12.2.